The molecular weight excluding hydrogens is 486 g/mol. The maximum atomic E-state index is 11.3. The first kappa shape index (κ1) is 33.4. The molecule has 2 unspecified atom stereocenters. The summed E-state index contributed by atoms with van der Waals surface area (Å²) in [6, 6.07) is 11.8. The van der Waals surface area contributed by atoms with E-state index >= 15 is 0 Å². The van der Waals surface area contributed by atoms with Crippen LogP contribution < -0.4 is 15.7 Å². The van der Waals surface area contributed by atoms with E-state index in [0.717, 1.165) is 16.6 Å². The molecule has 0 amide bonds. The maximum Gasteiger partial charge on any atom is 0.331 e. The Morgan fingerprint density at radius 2 is 1.10 bits per heavy atom. The summed E-state index contributed by atoms with van der Waals surface area (Å²) in [4.78, 5) is 0. The van der Waals surface area contributed by atoms with Gasteiger partial charge >= 0.3 is 7.48 Å². The second-order valence-corrected chi connectivity index (χ2v) is 14.5. The molecule has 3 N–H and O–H groups in total. The first-order valence-electron chi connectivity index (χ1n) is 13.8. The SMILES string of the molecule is [B]c1cc(Oc2cc([B]OC(C)(C)C(C)(O)CCC(C)(O)C(C)(C)O)cc(C(C)(C)C)c2)cc(C(C)(C)C)c1. The van der Waals surface area contributed by atoms with Gasteiger partial charge in [-0.2, -0.15) is 0 Å². The zero-order chi connectivity index (χ0) is 30.2. The average Bonchev–Trinajstić information content (AvgIpc) is 2.74. The molecule has 0 heterocycles. The van der Waals surface area contributed by atoms with Crippen LogP contribution in [0.1, 0.15) is 107 Å². The third-order valence-electron chi connectivity index (χ3n) is 8.03. The molecule has 0 bridgehead atoms. The van der Waals surface area contributed by atoms with Crippen LogP contribution in [0.25, 0.3) is 0 Å². The van der Waals surface area contributed by atoms with Crippen molar-refractivity contribution in [2.75, 3.05) is 0 Å². The molecule has 2 aromatic rings. The summed E-state index contributed by atoms with van der Waals surface area (Å²) in [6.07, 6.45) is 0.428. The quantitative estimate of drug-likeness (QED) is 0.375. The monoisotopic (exact) mass is 535 g/mol. The van der Waals surface area contributed by atoms with Gasteiger partial charge in [0.25, 0.3) is 0 Å². The van der Waals surface area contributed by atoms with Gasteiger partial charge in [0.2, 0.25) is 0 Å². The van der Waals surface area contributed by atoms with E-state index in [1.54, 1.807) is 35.2 Å². The zero-order valence-electron chi connectivity index (χ0n) is 26.2. The number of hydrogen-bond donors (Lipinski definition) is 3. The van der Waals surface area contributed by atoms with Crippen molar-refractivity contribution in [1.29, 1.82) is 0 Å². The summed E-state index contributed by atoms with van der Waals surface area (Å²) < 4.78 is 12.5. The summed E-state index contributed by atoms with van der Waals surface area (Å²) in [5.74, 6) is 1.33. The Labute approximate surface area is 239 Å². The van der Waals surface area contributed by atoms with E-state index in [1.807, 2.05) is 44.2 Å². The van der Waals surface area contributed by atoms with Crippen molar-refractivity contribution in [2.45, 2.75) is 129 Å². The summed E-state index contributed by atoms with van der Waals surface area (Å²) in [5.41, 5.74) is -1.56. The Bertz CT molecular complexity index is 1130. The van der Waals surface area contributed by atoms with E-state index in [1.165, 1.54) is 0 Å². The molecule has 0 aliphatic carbocycles. The van der Waals surface area contributed by atoms with Gasteiger partial charge in [-0.15, -0.1) is 0 Å². The molecule has 39 heavy (non-hydrogen) atoms. The van der Waals surface area contributed by atoms with Crippen LogP contribution >= 0.6 is 0 Å². The van der Waals surface area contributed by atoms with Gasteiger partial charge in [-0.05, 0) is 106 Å². The second kappa shape index (κ2) is 11.2. The van der Waals surface area contributed by atoms with Crippen LogP contribution in [0.15, 0.2) is 36.4 Å². The lowest BCUT2D eigenvalue weighted by atomic mass is 9.75. The number of hydrogen-bond acceptors (Lipinski definition) is 5. The van der Waals surface area contributed by atoms with Crippen LogP contribution in [0.2, 0.25) is 0 Å². The number of aliphatic hydroxyl groups is 3. The van der Waals surface area contributed by atoms with E-state index in [9.17, 15) is 15.3 Å². The van der Waals surface area contributed by atoms with Gasteiger partial charge in [0.05, 0.1) is 22.4 Å². The zero-order valence-corrected chi connectivity index (χ0v) is 26.2. The lowest BCUT2D eigenvalue weighted by Gasteiger charge is -2.43. The number of ether oxygens (including phenoxy) is 1. The Balaban J connectivity index is 2.31. The van der Waals surface area contributed by atoms with Gasteiger partial charge in [0.15, 0.2) is 0 Å². The highest BCUT2D eigenvalue weighted by Crippen LogP contribution is 2.35. The number of rotatable bonds is 10. The Kier molecular flexibility index (Phi) is 9.63. The third kappa shape index (κ3) is 8.85. The molecule has 0 aliphatic rings. The molecule has 2 atom stereocenters. The minimum Gasteiger partial charge on any atom is -0.457 e. The molecule has 7 heteroatoms. The van der Waals surface area contributed by atoms with Crippen LogP contribution in [0.4, 0.5) is 0 Å². The molecule has 0 fully saturated rings. The van der Waals surface area contributed by atoms with Gasteiger partial charge in [-0.25, -0.2) is 0 Å². The summed E-state index contributed by atoms with van der Waals surface area (Å²) in [6.45, 7) is 22.8. The van der Waals surface area contributed by atoms with E-state index < -0.39 is 22.4 Å². The Morgan fingerprint density at radius 1 is 0.641 bits per heavy atom. The van der Waals surface area contributed by atoms with E-state index in [-0.39, 0.29) is 23.7 Å². The van der Waals surface area contributed by atoms with Crippen molar-refractivity contribution in [3.8, 4) is 11.5 Å². The van der Waals surface area contributed by atoms with Crippen LogP contribution in [0, 0.1) is 0 Å². The van der Waals surface area contributed by atoms with Crippen molar-refractivity contribution in [1.82, 2.24) is 0 Å². The topological polar surface area (TPSA) is 79.2 Å². The van der Waals surface area contributed by atoms with Gasteiger partial charge < -0.3 is 24.7 Å². The lowest BCUT2D eigenvalue weighted by molar-refractivity contribution is -0.151. The van der Waals surface area contributed by atoms with Crippen LogP contribution in [-0.4, -0.2) is 53.1 Å². The fraction of sp³-hybridized carbons (Fsp3) is 0.625. The van der Waals surface area contributed by atoms with Gasteiger partial charge in [0.1, 0.15) is 19.3 Å². The highest BCUT2D eigenvalue weighted by Gasteiger charge is 2.44. The van der Waals surface area contributed by atoms with Crippen LogP contribution in [-0.2, 0) is 15.5 Å². The molecule has 2 rings (SSSR count). The molecular formula is C32H49B2O5. The van der Waals surface area contributed by atoms with Gasteiger partial charge in [-0.1, -0.05) is 59.1 Å². The van der Waals surface area contributed by atoms with E-state index in [4.69, 9.17) is 17.2 Å². The highest BCUT2D eigenvalue weighted by atomic mass is 16.5. The van der Waals surface area contributed by atoms with Crippen molar-refractivity contribution in [3.63, 3.8) is 0 Å². The molecule has 5 nitrogen and oxygen atoms in total. The molecule has 0 aliphatic heterocycles. The predicted molar refractivity (Wildman–Crippen MR) is 163 cm³/mol. The molecule has 213 valence electrons. The normalized spacial score (nSPS) is 16.4. The molecule has 0 saturated carbocycles. The van der Waals surface area contributed by atoms with Crippen molar-refractivity contribution < 1.29 is 24.7 Å². The maximum absolute atomic E-state index is 11.3. The Hall–Kier alpha value is -1.79. The highest BCUT2D eigenvalue weighted by molar-refractivity contribution is 6.47. The molecule has 0 aromatic heterocycles. The Morgan fingerprint density at radius 3 is 1.59 bits per heavy atom. The first-order chi connectivity index (χ1) is 17.3. The standard InChI is InChI=1S/C32H49B2O5/c1-27(2,3)21-15-23(33)19-25(17-21)38-26-18-22(28(4,5)6)16-24(20-26)34-39-30(9,10)32(12,37)14-13-31(11,36)29(7,8)35/h15-20,35-37H,13-14H2,1-12H3. The van der Waals surface area contributed by atoms with Crippen molar-refractivity contribution in [3.05, 3.63) is 47.5 Å². The predicted octanol–water partition coefficient (Wildman–Crippen LogP) is 4.96. The molecule has 0 spiro atoms. The van der Waals surface area contributed by atoms with Crippen LogP contribution in [0.3, 0.4) is 0 Å². The molecule has 0 saturated heterocycles. The van der Waals surface area contributed by atoms with E-state index in [0.29, 0.717) is 17.0 Å². The lowest BCUT2D eigenvalue weighted by Crippen LogP contribution is -2.54. The minimum atomic E-state index is -1.36. The van der Waals surface area contributed by atoms with Crippen LogP contribution in [0.5, 0.6) is 11.5 Å². The first-order valence-corrected chi connectivity index (χ1v) is 13.8. The fourth-order valence-corrected chi connectivity index (χ4v) is 3.87. The fourth-order valence-electron chi connectivity index (χ4n) is 3.87. The van der Waals surface area contributed by atoms with Crippen molar-refractivity contribution in [2.24, 2.45) is 0 Å². The smallest absolute Gasteiger partial charge is 0.331 e. The summed E-state index contributed by atoms with van der Waals surface area (Å²) >= 11 is 0. The largest absolute Gasteiger partial charge is 0.457 e. The minimum absolute atomic E-state index is 0.0730. The van der Waals surface area contributed by atoms with E-state index in [2.05, 4.69) is 47.6 Å². The third-order valence-corrected chi connectivity index (χ3v) is 8.03. The van der Waals surface area contributed by atoms with Gasteiger partial charge in [-0.3, -0.25) is 0 Å². The second-order valence-electron chi connectivity index (χ2n) is 14.5. The average molecular weight is 535 g/mol. The van der Waals surface area contributed by atoms with Gasteiger partial charge in [0, 0.05) is 0 Å². The molecule has 3 radical (unpaired) electrons. The summed E-state index contributed by atoms with van der Waals surface area (Å²) in [7, 11) is 7.83. The summed E-state index contributed by atoms with van der Waals surface area (Å²) in [5, 5.41) is 32.3. The van der Waals surface area contributed by atoms with Crippen molar-refractivity contribution >= 4 is 26.3 Å². The molecule has 2 aromatic carbocycles. The number of benzene rings is 2.